The van der Waals surface area contributed by atoms with Gasteiger partial charge >= 0.3 is 0 Å². The fraction of sp³-hybridized carbons (Fsp3) is 0.346. The number of nitrogens with zero attached hydrogens (tertiary/aromatic N) is 3. The van der Waals surface area contributed by atoms with E-state index in [1.807, 2.05) is 26.0 Å². The summed E-state index contributed by atoms with van der Waals surface area (Å²) in [5, 5.41) is 0.983. The smallest absolute Gasteiger partial charge is 0.246 e. The number of halogens is 1. The fourth-order valence-electron chi connectivity index (χ4n) is 5.26. The number of ether oxygens (including phenoxy) is 1. The van der Waals surface area contributed by atoms with Crippen LogP contribution in [0, 0.1) is 0 Å². The Morgan fingerprint density at radius 2 is 1.86 bits per heavy atom. The minimum Gasteiger partial charge on any atom is -0.463 e. The van der Waals surface area contributed by atoms with E-state index in [1.165, 1.54) is 11.9 Å². The lowest BCUT2D eigenvalue weighted by molar-refractivity contribution is 0.171. The van der Waals surface area contributed by atoms with Crippen LogP contribution in [0.5, 0.6) is 5.88 Å². The van der Waals surface area contributed by atoms with Gasteiger partial charge in [0.25, 0.3) is 0 Å². The van der Waals surface area contributed by atoms with Crippen LogP contribution < -0.4 is 15.8 Å². The molecule has 182 valence electrons. The molecule has 9 heteroatoms. The molecule has 35 heavy (non-hydrogen) atoms. The molecule has 0 bridgehead atoms. The van der Waals surface area contributed by atoms with E-state index in [2.05, 4.69) is 34.2 Å². The van der Waals surface area contributed by atoms with Crippen LogP contribution in [0.1, 0.15) is 68.1 Å². The number of fused-ring (bicyclic) bond motifs is 1. The lowest BCUT2D eigenvalue weighted by atomic mass is 9.75. The largest absolute Gasteiger partial charge is 0.463 e. The Bertz CT molecular complexity index is 1330. The molecule has 1 aliphatic carbocycles. The number of hydrogen-bond acceptors (Lipinski definition) is 6. The molecule has 2 unspecified atom stereocenters. The molecular formula is C26H28ClN4O3P. The first-order valence-electron chi connectivity index (χ1n) is 11.7. The van der Waals surface area contributed by atoms with Crippen molar-refractivity contribution in [1.82, 2.24) is 9.97 Å². The third-order valence-corrected chi connectivity index (χ3v) is 8.11. The second kappa shape index (κ2) is 9.38. The number of rotatable bonds is 4. The maximum atomic E-state index is 12.0. The molecule has 5 rings (SSSR count). The van der Waals surface area contributed by atoms with Gasteiger partial charge in [-0.15, -0.1) is 0 Å². The first-order chi connectivity index (χ1) is 16.7. The van der Waals surface area contributed by atoms with E-state index in [4.69, 9.17) is 27.1 Å². The van der Waals surface area contributed by atoms with Gasteiger partial charge in [0, 0.05) is 15.9 Å². The van der Waals surface area contributed by atoms with Crippen LogP contribution in [0.25, 0.3) is 0 Å². The molecule has 0 radical (unpaired) electrons. The van der Waals surface area contributed by atoms with Crippen molar-refractivity contribution in [2.24, 2.45) is 4.99 Å². The van der Waals surface area contributed by atoms with Crippen LogP contribution in [0.2, 0.25) is 5.02 Å². The highest BCUT2D eigenvalue weighted by atomic mass is 35.5. The first-order valence-corrected chi connectivity index (χ1v) is 13.5. The number of aromatic nitrogens is 2. The summed E-state index contributed by atoms with van der Waals surface area (Å²) in [7, 11) is -2.82. The van der Waals surface area contributed by atoms with Crippen molar-refractivity contribution in [1.29, 1.82) is 0 Å². The topological polar surface area (TPSA) is 111 Å². The molecule has 3 N–H and O–H groups in total. The van der Waals surface area contributed by atoms with E-state index in [1.54, 1.807) is 6.07 Å². The van der Waals surface area contributed by atoms with Crippen molar-refractivity contribution >= 4 is 42.2 Å². The molecule has 1 aromatic heterocycles. The van der Waals surface area contributed by atoms with Crippen LogP contribution >= 0.6 is 19.6 Å². The summed E-state index contributed by atoms with van der Waals surface area (Å²) in [5.41, 5.74) is 9.75. The molecule has 7 nitrogen and oxygen atoms in total. The van der Waals surface area contributed by atoms with Crippen molar-refractivity contribution in [2.75, 3.05) is 5.73 Å². The number of benzene rings is 2. The summed E-state index contributed by atoms with van der Waals surface area (Å²) in [4.78, 5) is 22.9. The zero-order valence-corrected chi connectivity index (χ0v) is 21.4. The summed E-state index contributed by atoms with van der Waals surface area (Å²) in [6.45, 7) is 3.92. The highest BCUT2D eigenvalue weighted by Gasteiger charge is 2.35. The average molecular weight is 511 g/mol. The predicted molar refractivity (Wildman–Crippen MR) is 140 cm³/mol. The highest BCUT2D eigenvalue weighted by Crippen LogP contribution is 2.43. The average Bonchev–Trinajstić information content (AvgIpc) is 2.83. The van der Waals surface area contributed by atoms with Crippen molar-refractivity contribution in [3.05, 3.63) is 70.5 Å². The van der Waals surface area contributed by atoms with Crippen LogP contribution in [0.3, 0.4) is 0 Å². The van der Waals surface area contributed by atoms with Gasteiger partial charge in [0.1, 0.15) is 11.9 Å². The maximum Gasteiger partial charge on any atom is 0.246 e. The van der Waals surface area contributed by atoms with Crippen molar-refractivity contribution in [2.45, 2.75) is 57.0 Å². The molecule has 1 saturated carbocycles. The summed E-state index contributed by atoms with van der Waals surface area (Å²) in [6.07, 6.45) is 5.46. The predicted octanol–water partition coefficient (Wildman–Crippen LogP) is 5.54. The second-order valence-electron chi connectivity index (χ2n) is 9.70. The van der Waals surface area contributed by atoms with Gasteiger partial charge in [0.2, 0.25) is 13.9 Å². The van der Waals surface area contributed by atoms with E-state index in [9.17, 15) is 9.46 Å². The molecule has 3 aromatic rings. The number of aliphatic imine (C=N–C) groups is 1. The highest BCUT2D eigenvalue weighted by molar-refractivity contribution is 7.47. The first kappa shape index (κ1) is 24.0. The van der Waals surface area contributed by atoms with E-state index in [0.29, 0.717) is 33.6 Å². The normalized spacial score (nSPS) is 22.0. The quantitative estimate of drug-likeness (QED) is 0.446. The van der Waals surface area contributed by atoms with E-state index < -0.39 is 13.6 Å². The zero-order valence-electron chi connectivity index (χ0n) is 19.7. The van der Waals surface area contributed by atoms with Crippen LogP contribution in [-0.2, 0) is 4.57 Å². The molecule has 1 aliphatic heterocycles. The maximum absolute atomic E-state index is 12.0. The Balaban J connectivity index is 1.41. The fourth-order valence-corrected chi connectivity index (χ4v) is 6.34. The van der Waals surface area contributed by atoms with Crippen molar-refractivity contribution in [3.63, 3.8) is 0 Å². The Labute approximate surface area is 210 Å². The van der Waals surface area contributed by atoms with Gasteiger partial charge in [-0.25, -0.2) is 9.98 Å². The molecule has 0 amide bonds. The number of anilines is 1. The van der Waals surface area contributed by atoms with Crippen LogP contribution in [-0.4, -0.2) is 26.2 Å². The Morgan fingerprint density at radius 1 is 1.11 bits per heavy atom. The van der Waals surface area contributed by atoms with Crippen molar-refractivity contribution < 1.29 is 14.2 Å². The zero-order chi connectivity index (χ0) is 24.7. The minimum absolute atomic E-state index is 0.233. The Morgan fingerprint density at radius 3 is 2.60 bits per heavy atom. The monoisotopic (exact) mass is 510 g/mol. The lowest BCUT2D eigenvalue weighted by Gasteiger charge is -2.33. The van der Waals surface area contributed by atoms with Gasteiger partial charge in [-0.2, -0.15) is 4.98 Å². The minimum atomic E-state index is -2.82. The Kier molecular flexibility index (Phi) is 6.43. The Hall–Kier alpha value is -2.73. The van der Waals surface area contributed by atoms with Crippen LogP contribution in [0.4, 0.5) is 11.5 Å². The van der Waals surface area contributed by atoms with Gasteiger partial charge < -0.3 is 15.4 Å². The third-order valence-electron chi connectivity index (χ3n) is 6.98. The van der Waals surface area contributed by atoms with Gasteiger partial charge in [0.05, 0.1) is 5.71 Å². The SMILES string of the molecule is CC1(C)Oc2ncnc(N)c2N=C1c1ccc([C@H]2CCCC(c3ccc(Cl)cc3[PH](=O)O)C2)cc1. The number of nitrogens with two attached hydrogens (primary N) is 1. The van der Waals surface area contributed by atoms with E-state index >= 15 is 0 Å². The summed E-state index contributed by atoms with van der Waals surface area (Å²) in [5.74, 6) is 1.29. The molecule has 3 atom stereocenters. The van der Waals surface area contributed by atoms with Gasteiger partial charge in [0.15, 0.2) is 11.5 Å². The van der Waals surface area contributed by atoms with E-state index in [0.717, 1.165) is 42.5 Å². The molecule has 2 aromatic carbocycles. The molecule has 0 saturated heterocycles. The number of nitrogen functional groups attached to an aromatic ring is 1. The second-order valence-corrected chi connectivity index (χ2v) is 11.3. The summed E-state index contributed by atoms with van der Waals surface area (Å²) < 4.78 is 18.1. The van der Waals surface area contributed by atoms with Crippen LogP contribution in [0.15, 0.2) is 53.8 Å². The van der Waals surface area contributed by atoms with E-state index in [-0.39, 0.29) is 5.92 Å². The van der Waals surface area contributed by atoms with Crippen molar-refractivity contribution in [3.8, 4) is 5.88 Å². The van der Waals surface area contributed by atoms with Gasteiger partial charge in [-0.05, 0) is 68.2 Å². The van der Waals surface area contributed by atoms with Gasteiger partial charge in [-0.1, -0.05) is 48.4 Å². The number of hydrogen-bond donors (Lipinski definition) is 2. The summed E-state index contributed by atoms with van der Waals surface area (Å²) >= 11 is 6.09. The van der Waals surface area contributed by atoms with Gasteiger partial charge in [-0.3, -0.25) is 4.57 Å². The molecular weight excluding hydrogens is 483 g/mol. The molecule has 2 aliphatic rings. The molecule has 0 spiro atoms. The third kappa shape index (κ3) is 4.73. The molecule has 1 fully saturated rings. The molecule has 2 heterocycles. The summed E-state index contributed by atoms with van der Waals surface area (Å²) in [6, 6.07) is 13.8. The standard InChI is InChI=1S/C26H28ClN4O3P/c1-26(2)23(31-22-24(28)29-14-30-25(22)34-26)16-8-6-15(7-9-16)17-4-3-5-18(12-17)20-11-10-19(27)13-21(20)35(32)33/h6-11,13-14,17-18,35H,3-5,12H2,1-2H3,(H,32,33)(H2,28,29,30)/t17-,18?/m0/s1. The lowest BCUT2D eigenvalue weighted by Crippen LogP contribution is -2.41.